The summed E-state index contributed by atoms with van der Waals surface area (Å²) < 4.78 is 31.7. The molecule has 3 heterocycles. The van der Waals surface area contributed by atoms with Crippen molar-refractivity contribution < 1.29 is 23.4 Å². The van der Waals surface area contributed by atoms with E-state index in [2.05, 4.69) is 20.3 Å². The number of nitrogens with zero attached hydrogens (tertiary/aromatic N) is 3. The highest BCUT2D eigenvalue weighted by Gasteiger charge is 2.39. The molecular weight excluding hydrogens is 502 g/mol. The Morgan fingerprint density at radius 2 is 1.74 bits per heavy atom. The zero-order valence-corrected chi connectivity index (χ0v) is 23.0. The summed E-state index contributed by atoms with van der Waals surface area (Å²) in [5.41, 5.74) is 1.11. The first-order valence-corrected chi connectivity index (χ1v) is 13.2. The van der Waals surface area contributed by atoms with E-state index < -0.39 is 17.6 Å². The molecule has 1 aliphatic carbocycles. The molecule has 0 spiro atoms. The lowest BCUT2D eigenvalue weighted by Gasteiger charge is -2.37. The number of hydrogen-bond acceptors (Lipinski definition) is 7. The zero-order valence-electron chi connectivity index (χ0n) is 23.0. The average Bonchev–Trinajstić information content (AvgIpc) is 2.87. The smallest absolute Gasteiger partial charge is 0.309 e. The number of carbonyl (C=O) groups is 1. The van der Waals surface area contributed by atoms with Gasteiger partial charge in [0.15, 0.2) is 0 Å². The molecule has 3 aromatic heterocycles. The maximum Gasteiger partial charge on any atom is 0.309 e. The second-order valence-electron chi connectivity index (χ2n) is 11.5. The number of anilines is 2. The second-order valence-corrected chi connectivity index (χ2v) is 11.5. The Hall–Kier alpha value is -3.46. The monoisotopic (exact) mass is 538 g/mol. The van der Waals surface area contributed by atoms with E-state index in [4.69, 9.17) is 4.74 Å². The SMILES string of the molecule is Cc1cc(Nc2cc(C(F)F)ccn2)nc(-c2ccc([C@](C)(O)[C@H]3CC[C@H](C(=O)OC(C)(C)C)CC3)nc2)c1. The van der Waals surface area contributed by atoms with Gasteiger partial charge in [-0.1, -0.05) is 0 Å². The molecule has 1 fully saturated rings. The Morgan fingerprint density at radius 1 is 1.03 bits per heavy atom. The van der Waals surface area contributed by atoms with Crippen molar-refractivity contribution in [2.45, 2.75) is 77.9 Å². The molecule has 39 heavy (non-hydrogen) atoms. The van der Waals surface area contributed by atoms with Crippen LogP contribution in [0.25, 0.3) is 11.3 Å². The highest BCUT2D eigenvalue weighted by Crippen LogP contribution is 2.41. The summed E-state index contributed by atoms with van der Waals surface area (Å²) in [6.07, 6.45) is 3.18. The third-order valence-corrected chi connectivity index (χ3v) is 7.10. The molecule has 1 atom stereocenters. The molecule has 7 nitrogen and oxygen atoms in total. The molecule has 208 valence electrons. The summed E-state index contributed by atoms with van der Waals surface area (Å²) in [6.45, 7) is 9.30. The van der Waals surface area contributed by atoms with Crippen LogP contribution in [0.2, 0.25) is 0 Å². The van der Waals surface area contributed by atoms with Crippen LogP contribution in [0.5, 0.6) is 0 Å². The maximum atomic E-state index is 13.1. The van der Waals surface area contributed by atoms with Crippen LogP contribution in [0.15, 0.2) is 48.8 Å². The number of carbonyl (C=O) groups excluding carboxylic acids is 1. The van der Waals surface area contributed by atoms with Crippen molar-refractivity contribution in [3.8, 4) is 11.3 Å². The van der Waals surface area contributed by atoms with Crippen molar-refractivity contribution in [2.75, 3.05) is 5.32 Å². The van der Waals surface area contributed by atoms with Gasteiger partial charge in [0.25, 0.3) is 6.43 Å². The molecule has 0 radical (unpaired) electrons. The first-order chi connectivity index (χ1) is 18.3. The molecule has 0 aliphatic heterocycles. The van der Waals surface area contributed by atoms with E-state index in [-0.39, 0.29) is 29.2 Å². The highest BCUT2D eigenvalue weighted by molar-refractivity contribution is 5.73. The molecule has 1 aliphatic rings. The summed E-state index contributed by atoms with van der Waals surface area (Å²) >= 11 is 0. The van der Waals surface area contributed by atoms with E-state index in [1.165, 1.54) is 18.3 Å². The van der Waals surface area contributed by atoms with Crippen molar-refractivity contribution >= 4 is 17.6 Å². The number of nitrogens with one attached hydrogen (secondary N) is 1. The topological polar surface area (TPSA) is 97.2 Å². The average molecular weight is 539 g/mol. The van der Waals surface area contributed by atoms with Gasteiger partial charge in [0.2, 0.25) is 0 Å². The second kappa shape index (κ2) is 11.3. The van der Waals surface area contributed by atoms with Gasteiger partial charge in [0.05, 0.1) is 17.3 Å². The normalized spacial score (nSPS) is 19.4. The molecule has 0 bridgehead atoms. The summed E-state index contributed by atoms with van der Waals surface area (Å²) in [5.74, 6) is 0.415. The van der Waals surface area contributed by atoms with E-state index >= 15 is 0 Å². The summed E-state index contributed by atoms with van der Waals surface area (Å²) in [6, 6.07) is 9.96. The number of halogens is 2. The Labute approximate surface area is 228 Å². The lowest BCUT2D eigenvalue weighted by atomic mass is 9.73. The van der Waals surface area contributed by atoms with E-state index in [1.54, 1.807) is 25.3 Å². The molecule has 1 saturated carbocycles. The van der Waals surface area contributed by atoms with E-state index in [0.717, 1.165) is 11.1 Å². The van der Waals surface area contributed by atoms with Gasteiger partial charge in [-0.15, -0.1) is 0 Å². The van der Waals surface area contributed by atoms with Crippen LogP contribution in [0.1, 0.15) is 76.6 Å². The fourth-order valence-electron chi connectivity index (χ4n) is 4.99. The maximum absolute atomic E-state index is 13.1. The molecule has 3 aromatic rings. The summed E-state index contributed by atoms with van der Waals surface area (Å²) in [5, 5.41) is 14.4. The van der Waals surface area contributed by atoms with Crippen molar-refractivity contribution in [1.29, 1.82) is 0 Å². The number of aromatic nitrogens is 3. The Balaban J connectivity index is 1.45. The number of esters is 1. The van der Waals surface area contributed by atoms with Gasteiger partial charge >= 0.3 is 5.97 Å². The summed E-state index contributed by atoms with van der Waals surface area (Å²) in [7, 11) is 0. The standard InChI is InChI=1S/C30H36F2N4O3/c1-18-14-23(35-26(15-18)36-25-16-20(27(31)32)12-13-33-25)21-8-11-24(34-17-21)30(5,38)22-9-6-19(7-10-22)28(37)39-29(2,3)4/h8,11-17,19,22,27,38H,6-7,9-10H2,1-5H3,(H,33,35,36)/t19-,22-,30-/m1/s1. The molecule has 4 rings (SSSR count). The van der Waals surface area contributed by atoms with Crippen molar-refractivity contribution in [3.05, 3.63) is 65.6 Å². The zero-order chi connectivity index (χ0) is 28.4. The first-order valence-electron chi connectivity index (χ1n) is 13.2. The van der Waals surface area contributed by atoms with Crippen LogP contribution in [-0.2, 0) is 15.1 Å². The van der Waals surface area contributed by atoms with Crippen LogP contribution in [0.4, 0.5) is 20.4 Å². The van der Waals surface area contributed by atoms with E-state index in [1.807, 2.05) is 39.8 Å². The van der Waals surface area contributed by atoms with Crippen LogP contribution in [0.3, 0.4) is 0 Å². The number of pyridine rings is 3. The van der Waals surface area contributed by atoms with Crippen LogP contribution < -0.4 is 5.32 Å². The molecule has 0 unspecified atom stereocenters. The van der Waals surface area contributed by atoms with E-state index in [0.29, 0.717) is 42.9 Å². The molecule has 0 aromatic carbocycles. The van der Waals surface area contributed by atoms with Gasteiger partial charge in [-0.05, 0) is 108 Å². The minimum absolute atomic E-state index is 0.0288. The minimum Gasteiger partial charge on any atom is -0.460 e. The molecule has 9 heteroatoms. The Morgan fingerprint density at radius 3 is 2.36 bits per heavy atom. The number of hydrogen-bond donors (Lipinski definition) is 2. The lowest BCUT2D eigenvalue weighted by Crippen LogP contribution is -2.38. The largest absolute Gasteiger partial charge is 0.460 e. The number of ether oxygens (including phenoxy) is 1. The lowest BCUT2D eigenvalue weighted by molar-refractivity contribution is -0.162. The fourth-order valence-corrected chi connectivity index (χ4v) is 4.99. The van der Waals surface area contributed by atoms with Gasteiger partial charge in [0.1, 0.15) is 22.8 Å². The van der Waals surface area contributed by atoms with Gasteiger partial charge in [-0.2, -0.15) is 0 Å². The molecule has 2 N–H and O–H groups in total. The Bertz CT molecular complexity index is 1300. The van der Waals surface area contributed by atoms with Crippen LogP contribution >= 0.6 is 0 Å². The van der Waals surface area contributed by atoms with Crippen molar-refractivity contribution in [3.63, 3.8) is 0 Å². The third kappa shape index (κ3) is 7.15. The predicted molar refractivity (Wildman–Crippen MR) is 146 cm³/mol. The van der Waals surface area contributed by atoms with Gasteiger partial charge in [-0.25, -0.2) is 18.7 Å². The fraction of sp³-hybridized carbons (Fsp3) is 0.467. The third-order valence-electron chi connectivity index (χ3n) is 7.10. The number of alkyl halides is 2. The molecule has 0 saturated heterocycles. The van der Waals surface area contributed by atoms with Crippen LogP contribution in [0, 0.1) is 18.8 Å². The Kier molecular flexibility index (Phi) is 8.30. The van der Waals surface area contributed by atoms with E-state index in [9.17, 15) is 18.7 Å². The number of rotatable bonds is 7. The van der Waals surface area contributed by atoms with Crippen molar-refractivity contribution in [1.82, 2.24) is 15.0 Å². The molecule has 0 amide bonds. The van der Waals surface area contributed by atoms with Crippen LogP contribution in [-0.4, -0.2) is 31.6 Å². The minimum atomic E-state index is -2.59. The predicted octanol–water partition coefficient (Wildman–Crippen LogP) is 6.88. The van der Waals surface area contributed by atoms with Gasteiger partial charge in [0, 0.05) is 23.5 Å². The quantitative estimate of drug-likeness (QED) is 0.316. The highest BCUT2D eigenvalue weighted by atomic mass is 19.3. The number of aryl methyl sites for hydroxylation is 1. The first kappa shape index (κ1) is 28.5. The van der Waals surface area contributed by atoms with Gasteiger partial charge < -0.3 is 15.2 Å². The van der Waals surface area contributed by atoms with Crippen molar-refractivity contribution in [2.24, 2.45) is 11.8 Å². The molecular formula is C30H36F2N4O3. The van der Waals surface area contributed by atoms with Gasteiger partial charge in [-0.3, -0.25) is 9.78 Å². The number of aliphatic hydroxyl groups is 1. The summed E-state index contributed by atoms with van der Waals surface area (Å²) in [4.78, 5) is 25.8.